The molecule has 1 aliphatic carbocycles. The second kappa shape index (κ2) is 6.18. The second-order valence-corrected chi connectivity index (χ2v) is 4.50. The summed E-state index contributed by atoms with van der Waals surface area (Å²) in [5.74, 6) is -1.20. The number of nitrogens with one attached hydrogen (secondary N) is 1. The van der Waals surface area contributed by atoms with Crippen molar-refractivity contribution in [2.45, 2.75) is 12.8 Å². The Balaban J connectivity index is 1.81. The smallest absolute Gasteiger partial charge is 0.337 e. The maximum absolute atomic E-state index is 11.6. The summed E-state index contributed by atoms with van der Waals surface area (Å²) < 4.78 is 9.42. The van der Waals surface area contributed by atoms with E-state index in [1.165, 1.54) is 19.2 Å². The summed E-state index contributed by atoms with van der Waals surface area (Å²) in [7, 11) is 1.30. The largest absolute Gasteiger partial charge is 0.465 e. The van der Waals surface area contributed by atoms with Gasteiger partial charge in [0.05, 0.1) is 18.6 Å². The highest BCUT2D eigenvalue weighted by molar-refractivity contribution is 5.94. The Kier molecular flexibility index (Phi) is 4.34. The number of rotatable bonds is 5. The first-order valence-electron chi connectivity index (χ1n) is 6.25. The number of hydrogen-bond acceptors (Lipinski definition) is 5. The van der Waals surface area contributed by atoms with Crippen molar-refractivity contribution >= 4 is 23.5 Å². The van der Waals surface area contributed by atoms with Gasteiger partial charge in [-0.15, -0.1) is 0 Å². The number of amides is 1. The molecule has 0 radical (unpaired) electrons. The molecule has 0 unspecified atom stereocenters. The Morgan fingerprint density at radius 2 is 1.85 bits per heavy atom. The molecule has 20 heavy (non-hydrogen) atoms. The Hall–Kier alpha value is -2.37. The SMILES string of the molecule is COC(=O)c1ccc(NC(=O)COC(=O)C2CC2)cc1. The zero-order valence-electron chi connectivity index (χ0n) is 11.0. The number of hydrogen-bond donors (Lipinski definition) is 1. The molecule has 6 heteroatoms. The van der Waals surface area contributed by atoms with E-state index in [4.69, 9.17) is 4.74 Å². The van der Waals surface area contributed by atoms with Crippen LogP contribution in [0.5, 0.6) is 0 Å². The molecule has 0 atom stereocenters. The second-order valence-electron chi connectivity index (χ2n) is 4.50. The Labute approximate surface area is 116 Å². The third-order valence-corrected chi connectivity index (χ3v) is 2.85. The third kappa shape index (κ3) is 3.81. The Morgan fingerprint density at radius 1 is 1.20 bits per heavy atom. The summed E-state index contributed by atoms with van der Waals surface area (Å²) in [5, 5.41) is 2.57. The van der Waals surface area contributed by atoms with Crippen molar-refractivity contribution in [2.24, 2.45) is 5.92 Å². The minimum Gasteiger partial charge on any atom is -0.465 e. The van der Waals surface area contributed by atoms with E-state index >= 15 is 0 Å². The summed E-state index contributed by atoms with van der Waals surface area (Å²) in [4.78, 5) is 34.0. The van der Waals surface area contributed by atoms with Gasteiger partial charge in [-0.2, -0.15) is 0 Å². The molecule has 1 aromatic rings. The van der Waals surface area contributed by atoms with Crippen molar-refractivity contribution < 1.29 is 23.9 Å². The number of carbonyl (C=O) groups is 3. The molecule has 0 aliphatic heterocycles. The van der Waals surface area contributed by atoms with Gasteiger partial charge in [-0.05, 0) is 37.1 Å². The first-order chi connectivity index (χ1) is 9.60. The molecule has 0 aromatic heterocycles. The molecule has 2 rings (SSSR count). The molecule has 106 valence electrons. The van der Waals surface area contributed by atoms with Crippen LogP contribution in [0.1, 0.15) is 23.2 Å². The van der Waals surface area contributed by atoms with E-state index in [9.17, 15) is 14.4 Å². The minimum atomic E-state index is -0.443. The van der Waals surface area contributed by atoms with Crippen LogP contribution in [-0.2, 0) is 19.1 Å². The fourth-order valence-corrected chi connectivity index (χ4v) is 1.58. The standard InChI is InChI=1S/C14H15NO5/c1-19-13(17)9-4-6-11(7-5-9)15-12(16)8-20-14(18)10-2-3-10/h4-7,10H,2-3,8H2,1H3,(H,15,16). The van der Waals surface area contributed by atoms with E-state index in [1.807, 2.05) is 0 Å². The van der Waals surface area contributed by atoms with Crippen LogP contribution >= 0.6 is 0 Å². The van der Waals surface area contributed by atoms with Gasteiger partial charge >= 0.3 is 11.9 Å². The first kappa shape index (κ1) is 14.0. The van der Waals surface area contributed by atoms with Gasteiger partial charge < -0.3 is 14.8 Å². The van der Waals surface area contributed by atoms with Crippen LogP contribution in [0.3, 0.4) is 0 Å². The van der Waals surface area contributed by atoms with Crippen LogP contribution < -0.4 is 5.32 Å². The average molecular weight is 277 g/mol. The summed E-state index contributed by atoms with van der Waals surface area (Å²) in [6.45, 7) is -0.298. The van der Waals surface area contributed by atoms with Crippen LogP contribution in [0.25, 0.3) is 0 Å². The molecule has 1 N–H and O–H groups in total. The highest BCUT2D eigenvalue weighted by Crippen LogP contribution is 2.29. The molecular formula is C14H15NO5. The fourth-order valence-electron chi connectivity index (χ4n) is 1.58. The lowest BCUT2D eigenvalue weighted by Gasteiger charge is -2.06. The number of ether oxygens (including phenoxy) is 2. The van der Waals surface area contributed by atoms with Crippen LogP contribution in [0.4, 0.5) is 5.69 Å². The van der Waals surface area contributed by atoms with Crippen LogP contribution in [0, 0.1) is 5.92 Å². The van der Waals surface area contributed by atoms with Crippen molar-refractivity contribution in [1.82, 2.24) is 0 Å². The lowest BCUT2D eigenvalue weighted by atomic mass is 10.2. The molecule has 1 amide bonds. The van der Waals surface area contributed by atoms with Gasteiger partial charge in [0.1, 0.15) is 0 Å². The van der Waals surface area contributed by atoms with Crippen molar-refractivity contribution in [3.05, 3.63) is 29.8 Å². The van der Waals surface area contributed by atoms with Gasteiger partial charge in [-0.3, -0.25) is 9.59 Å². The topological polar surface area (TPSA) is 81.7 Å². The maximum atomic E-state index is 11.6. The van der Waals surface area contributed by atoms with Gasteiger partial charge in [0, 0.05) is 5.69 Å². The first-order valence-corrected chi connectivity index (χ1v) is 6.25. The van der Waals surface area contributed by atoms with E-state index in [2.05, 4.69) is 10.1 Å². The van der Waals surface area contributed by atoms with E-state index < -0.39 is 11.9 Å². The summed E-state index contributed by atoms with van der Waals surface area (Å²) in [5.41, 5.74) is 0.913. The fraction of sp³-hybridized carbons (Fsp3) is 0.357. The van der Waals surface area contributed by atoms with Gasteiger partial charge in [-0.1, -0.05) is 0 Å². The zero-order valence-corrected chi connectivity index (χ0v) is 11.0. The molecule has 0 heterocycles. The number of anilines is 1. The molecule has 6 nitrogen and oxygen atoms in total. The maximum Gasteiger partial charge on any atom is 0.337 e. The zero-order chi connectivity index (χ0) is 14.5. The highest BCUT2D eigenvalue weighted by Gasteiger charge is 2.31. The van der Waals surface area contributed by atoms with Crippen molar-refractivity contribution in [3.8, 4) is 0 Å². The Bertz CT molecular complexity index is 519. The van der Waals surface area contributed by atoms with E-state index in [0.717, 1.165) is 12.8 Å². The molecule has 0 saturated heterocycles. The van der Waals surface area contributed by atoms with Gasteiger partial charge in [-0.25, -0.2) is 4.79 Å². The molecule has 1 aliphatic rings. The van der Waals surface area contributed by atoms with Crippen molar-refractivity contribution in [3.63, 3.8) is 0 Å². The molecule has 1 aromatic carbocycles. The quantitative estimate of drug-likeness (QED) is 0.822. The Morgan fingerprint density at radius 3 is 2.40 bits per heavy atom. The lowest BCUT2D eigenvalue weighted by molar-refractivity contribution is -0.148. The van der Waals surface area contributed by atoms with Crippen LogP contribution in [0.2, 0.25) is 0 Å². The predicted octanol–water partition coefficient (Wildman–Crippen LogP) is 1.36. The van der Waals surface area contributed by atoms with Crippen LogP contribution in [-0.4, -0.2) is 31.6 Å². The monoisotopic (exact) mass is 277 g/mol. The molecule has 0 spiro atoms. The third-order valence-electron chi connectivity index (χ3n) is 2.85. The number of methoxy groups -OCH3 is 1. The van der Waals surface area contributed by atoms with Gasteiger partial charge in [0.15, 0.2) is 6.61 Å². The normalized spacial score (nSPS) is 13.4. The number of esters is 2. The van der Waals surface area contributed by atoms with Crippen molar-refractivity contribution in [1.29, 1.82) is 0 Å². The molecule has 1 saturated carbocycles. The number of carbonyl (C=O) groups excluding carboxylic acids is 3. The molecular weight excluding hydrogens is 262 g/mol. The van der Waals surface area contributed by atoms with E-state index in [-0.39, 0.29) is 18.5 Å². The lowest BCUT2D eigenvalue weighted by Crippen LogP contribution is -2.21. The van der Waals surface area contributed by atoms with E-state index in [1.54, 1.807) is 12.1 Å². The van der Waals surface area contributed by atoms with E-state index in [0.29, 0.717) is 11.3 Å². The summed E-state index contributed by atoms with van der Waals surface area (Å²) in [6, 6.07) is 6.23. The summed E-state index contributed by atoms with van der Waals surface area (Å²) >= 11 is 0. The highest BCUT2D eigenvalue weighted by atomic mass is 16.5. The average Bonchev–Trinajstić information content (AvgIpc) is 3.29. The molecule has 0 bridgehead atoms. The summed E-state index contributed by atoms with van der Waals surface area (Å²) in [6.07, 6.45) is 1.69. The van der Waals surface area contributed by atoms with Gasteiger partial charge in [0.2, 0.25) is 0 Å². The van der Waals surface area contributed by atoms with Gasteiger partial charge in [0.25, 0.3) is 5.91 Å². The van der Waals surface area contributed by atoms with Crippen molar-refractivity contribution in [2.75, 3.05) is 19.0 Å². The minimum absolute atomic E-state index is 0.0258. The van der Waals surface area contributed by atoms with Crippen LogP contribution in [0.15, 0.2) is 24.3 Å². The molecule has 1 fully saturated rings. The number of benzene rings is 1. The predicted molar refractivity (Wildman–Crippen MR) is 70.1 cm³/mol.